The maximum Gasteiger partial charge on any atom is 0.393 e. The summed E-state index contributed by atoms with van der Waals surface area (Å²) in [7, 11) is 0. The van der Waals surface area contributed by atoms with Crippen LogP contribution in [0, 0.1) is 23.2 Å². The van der Waals surface area contributed by atoms with Gasteiger partial charge < -0.3 is 4.90 Å². The molecule has 4 unspecified atom stereocenters. The van der Waals surface area contributed by atoms with Gasteiger partial charge in [-0.25, -0.2) is 0 Å². The molecule has 0 saturated heterocycles. The van der Waals surface area contributed by atoms with E-state index in [9.17, 15) is 26.3 Å². The van der Waals surface area contributed by atoms with E-state index < -0.39 is 36.5 Å². The van der Waals surface area contributed by atoms with Gasteiger partial charge in [0.05, 0.1) is 17.9 Å². The van der Waals surface area contributed by atoms with Gasteiger partial charge in [0.15, 0.2) is 0 Å². The SMILES string of the molecule is CC#N.CCN(CCc1ccccc1)C(C)CCc1ccc(C2CC(C(F)(F)F)C2C(F)(F)F)cc1. The van der Waals surface area contributed by atoms with Gasteiger partial charge in [0.1, 0.15) is 0 Å². The van der Waals surface area contributed by atoms with Crippen LogP contribution in [0.15, 0.2) is 54.6 Å². The molecule has 0 N–H and O–H groups in total. The molecule has 1 aliphatic carbocycles. The van der Waals surface area contributed by atoms with Gasteiger partial charge in [0.25, 0.3) is 0 Å². The summed E-state index contributed by atoms with van der Waals surface area (Å²) in [6.45, 7) is 7.60. The molecule has 1 fully saturated rings. The molecule has 2 nitrogen and oxygen atoms in total. The summed E-state index contributed by atoms with van der Waals surface area (Å²) in [5.41, 5.74) is 2.62. The quantitative estimate of drug-likeness (QED) is 0.319. The maximum atomic E-state index is 13.3. The molecule has 1 saturated carbocycles. The van der Waals surface area contributed by atoms with Crippen molar-refractivity contribution in [3.63, 3.8) is 0 Å². The molecule has 0 aromatic heterocycles. The zero-order chi connectivity index (χ0) is 26.9. The minimum Gasteiger partial charge on any atom is -0.301 e. The van der Waals surface area contributed by atoms with Crippen LogP contribution in [-0.4, -0.2) is 36.4 Å². The van der Waals surface area contributed by atoms with Gasteiger partial charge in [0, 0.05) is 19.5 Å². The normalized spacial score (nSPS) is 20.6. The van der Waals surface area contributed by atoms with Crippen molar-refractivity contribution in [1.29, 1.82) is 5.26 Å². The number of halogens is 6. The molecule has 1 aliphatic rings. The first kappa shape index (κ1) is 29.7. The summed E-state index contributed by atoms with van der Waals surface area (Å²) in [4.78, 5) is 2.40. The molecule has 198 valence electrons. The predicted octanol–water partition coefficient (Wildman–Crippen LogP) is 7.95. The highest BCUT2D eigenvalue weighted by Crippen LogP contribution is 2.59. The summed E-state index contributed by atoms with van der Waals surface area (Å²) in [5, 5.41) is 7.32. The van der Waals surface area contributed by atoms with Gasteiger partial charge in [0.2, 0.25) is 0 Å². The highest BCUT2D eigenvalue weighted by Gasteiger charge is 2.64. The van der Waals surface area contributed by atoms with E-state index >= 15 is 0 Å². The van der Waals surface area contributed by atoms with Gasteiger partial charge in [-0.1, -0.05) is 61.5 Å². The lowest BCUT2D eigenvalue weighted by molar-refractivity contribution is -0.292. The van der Waals surface area contributed by atoms with E-state index in [0.717, 1.165) is 37.9 Å². The van der Waals surface area contributed by atoms with Crippen LogP contribution in [0.2, 0.25) is 0 Å². The molecule has 36 heavy (non-hydrogen) atoms. The van der Waals surface area contributed by atoms with Crippen molar-refractivity contribution in [3.05, 3.63) is 71.3 Å². The minimum atomic E-state index is -4.86. The summed E-state index contributed by atoms with van der Waals surface area (Å²) < 4.78 is 78.7. The Bertz CT molecular complexity index is 947. The predicted molar refractivity (Wildman–Crippen MR) is 129 cm³/mol. The number of nitrogens with zero attached hydrogens (tertiary/aromatic N) is 2. The van der Waals surface area contributed by atoms with Crippen LogP contribution < -0.4 is 0 Å². The molecule has 2 aromatic carbocycles. The van der Waals surface area contributed by atoms with Gasteiger partial charge in [-0.15, -0.1) is 0 Å². The van der Waals surface area contributed by atoms with Crippen molar-refractivity contribution in [2.45, 2.75) is 70.8 Å². The van der Waals surface area contributed by atoms with Gasteiger partial charge in [-0.2, -0.15) is 31.6 Å². The Morgan fingerprint density at radius 2 is 1.47 bits per heavy atom. The van der Waals surface area contributed by atoms with E-state index in [1.54, 1.807) is 30.3 Å². The third kappa shape index (κ3) is 8.26. The lowest BCUT2D eigenvalue weighted by Crippen LogP contribution is -2.51. The van der Waals surface area contributed by atoms with Crippen LogP contribution in [0.25, 0.3) is 0 Å². The molecule has 2 aromatic rings. The largest absolute Gasteiger partial charge is 0.393 e. The molecular formula is C28H34F6N2. The maximum absolute atomic E-state index is 13.3. The van der Waals surface area contributed by atoms with Crippen molar-refractivity contribution in [2.75, 3.05) is 13.1 Å². The van der Waals surface area contributed by atoms with Crippen LogP contribution in [0.4, 0.5) is 26.3 Å². The number of benzene rings is 2. The Kier molecular flexibility index (Phi) is 10.8. The third-order valence-electron chi connectivity index (χ3n) is 6.99. The highest BCUT2D eigenvalue weighted by molar-refractivity contribution is 5.29. The average molecular weight is 513 g/mol. The van der Waals surface area contributed by atoms with Gasteiger partial charge >= 0.3 is 12.4 Å². The first-order valence-electron chi connectivity index (χ1n) is 12.2. The number of rotatable bonds is 9. The van der Waals surface area contributed by atoms with E-state index in [4.69, 9.17) is 5.26 Å². The number of hydrogen-bond acceptors (Lipinski definition) is 2. The second-order valence-electron chi connectivity index (χ2n) is 9.27. The van der Waals surface area contributed by atoms with Crippen molar-refractivity contribution in [3.8, 4) is 6.07 Å². The number of hydrogen-bond donors (Lipinski definition) is 0. The monoisotopic (exact) mass is 512 g/mol. The van der Waals surface area contributed by atoms with E-state index in [1.807, 2.05) is 18.2 Å². The lowest BCUT2D eigenvalue weighted by Gasteiger charge is -2.46. The van der Waals surface area contributed by atoms with Crippen molar-refractivity contribution in [1.82, 2.24) is 4.90 Å². The fraction of sp³-hybridized carbons (Fsp3) is 0.536. The molecule has 0 amide bonds. The number of likely N-dealkylation sites (N-methyl/N-ethyl adjacent to an activating group) is 1. The van der Waals surface area contributed by atoms with Gasteiger partial charge in [-0.3, -0.25) is 0 Å². The lowest BCUT2D eigenvalue weighted by atomic mass is 9.61. The van der Waals surface area contributed by atoms with Crippen LogP contribution in [0.3, 0.4) is 0 Å². The molecule has 0 heterocycles. The van der Waals surface area contributed by atoms with Crippen LogP contribution in [-0.2, 0) is 12.8 Å². The Morgan fingerprint density at radius 3 is 1.97 bits per heavy atom. The van der Waals surface area contributed by atoms with Crippen LogP contribution in [0.1, 0.15) is 56.2 Å². The zero-order valence-electron chi connectivity index (χ0n) is 20.9. The Labute approximate surface area is 209 Å². The molecule has 8 heteroatoms. The Morgan fingerprint density at radius 1 is 0.917 bits per heavy atom. The van der Waals surface area contributed by atoms with Crippen LogP contribution >= 0.6 is 0 Å². The Balaban J connectivity index is 0.00000145. The molecule has 4 atom stereocenters. The number of alkyl halides is 6. The zero-order valence-corrected chi connectivity index (χ0v) is 20.9. The average Bonchev–Trinajstić information content (AvgIpc) is 2.77. The van der Waals surface area contributed by atoms with Crippen molar-refractivity contribution >= 4 is 0 Å². The number of aryl methyl sites for hydroxylation is 1. The molecule has 0 aliphatic heterocycles. The topological polar surface area (TPSA) is 27.0 Å². The fourth-order valence-corrected chi connectivity index (χ4v) is 4.89. The minimum absolute atomic E-state index is 0.340. The smallest absolute Gasteiger partial charge is 0.301 e. The first-order chi connectivity index (χ1) is 16.9. The number of nitriles is 1. The van der Waals surface area contributed by atoms with Crippen molar-refractivity contribution < 1.29 is 26.3 Å². The van der Waals surface area contributed by atoms with Crippen LogP contribution in [0.5, 0.6) is 0 Å². The second kappa shape index (κ2) is 13.1. The highest BCUT2D eigenvalue weighted by atomic mass is 19.4. The molecule has 0 spiro atoms. The van der Waals surface area contributed by atoms with Gasteiger partial charge in [-0.05, 0) is 61.8 Å². The standard InChI is InChI=1S/C26H31F6N.C2H3N/c1-3-33(16-15-19-7-5-4-6-8-19)18(2)9-10-20-11-13-21(14-12-20)22-17-23(25(27,28)29)24(22)26(30,31)32;1-2-3/h4-8,11-14,18,22-24H,3,9-10,15-17H2,1-2H3;1H3. The first-order valence-corrected chi connectivity index (χ1v) is 12.2. The summed E-state index contributed by atoms with van der Waals surface area (Å²) in [5.74, 6) is -5.79. The molecule has 3 rings (SSSR count). The van der Waals surface area contributed by atoms with E-state index in [2.05, 4.69) is 30.9 Å². The van der Waals surface area contributed by atoms with Crippen molar-refractivity contribution in [2.24, 2.45) is 11.8 Å². The molecule has 0 bridgehead atoms. The Hall–Kier alpha value is -2.53. The van der Waals surface area contributed by atoms with E-state index in [0.29, 0.717) is 11.6 Å². The molecule has 0 radical (unpaired) electrons. The molecular weight excluding hydrogens is 478 g/mol. The summed E-state index contributed by atoms with van der Waals surface area (Å²) >= 11 is 0. The second-order valence-corrected chi connectivity index (χ2v) is 9.27. The fourth-order valence-electron chi connectivity index (χ4n) is 4.89. The van der Waals surface area contributed by atoms with E-state index in [-0.39, 0.29) is 0 Å². The summed E-state index contributed by atoms with van der Waals surface area (Å²) in [6, 6.07) is 19.0. The third-order valence-corrected chi connectivity index (χ3v) is 6.99. The van der Waals surface area contributed by atoms with E-state index in [1.165, 1.54) is 12.5 Å². The summed E-state index contributed by atoms with van der Waals surface area (Å²) in [6.07, 6.45) is -7.56.